The summed E-state index contributed by atoms with van der Waals surface area (Å²) in [7, 11) is 0. The van der Waals surface area contributed by atoms with Gasteiger partial charge in [-0.25, -0.2) is 4.98 Å². The quantitative estimate of drug-likeness (QED) is 0.292. The third kappa shape index (κ3) is 1.91. The maximum Gasteiger partial charge on any atom is 0.145 e. The number of aryl methyl sites for hydroxylation is 1. The zero-order valence-corrected chi connectivity index (χ0v) is 17.2. The van der Waals surface area contributed by atoms with E-state index in [-0.39, 0.29) is 0 Å². The molecule has 0 bridgehead atoms. The first-order valence-electron chi connectivity index (χ1n) is 11.2. The molecule has 0 spiro atoms. The number of aromatic nitrogens is 2. The van der Waals surface area contributed by atoms with Gasteiger partial charge in [0.25, 0.3) is 0 Å². The van der Waals surface area contributed by atoms with Crippen molar-refractivity contribution in [2.24, 2.45) is 0 Å². The van der Waals surface area contributed by atoms with Crippen LogP contribution in [0.25, 0.3) is 33.3 Å². The van der Waals surface area contributed by atoms with Gasteiger partial charge in [-0.3, -0.25) is 4.40 Å². The molecule has 2 heterocycles. The van der Waals surface area contributed by atoms with Crippen LogP contribution in [-0.2, 0) is 19.3 Å². The van der Waals surface area contributed by atoms with Crippen molar-refractivity contribution in [3.63, 3.8) is 0 Å². The van der Waals surface area contributed by atoms with E-state index < -0.39 is 0 Å². The summed E-state index contributed by atoms with van der Waals surface area (Å²) in [6.07, 6.45) is 8.46. The topological polar surface area (TPSA) is 17.3 Å². The molecule has 0 radical (unpaired) electrons. The van der Waals surface area contributed by atoms with Crippen molar-refractivity contribution in [1.29, 1.82) is 0 Å². The lowest BCUT2D eigenvalue weighted by atomic mass is 9.84. The number of nitrogens with zero attached hydrogens (tertiary/aromatic N) is 2. The molecule has 3 aliphatic carbocycles. The highest BCUT2D eigenvalue weighted by atomic mass is 15.0. The average molecular weight is 396 g/mol. The van der Waals surface area contributed by atoms with E-state index in [1.165, 1.54) is 61.0 Å². The molecule has 2 heteroatoms. The van der Waals surface area contributed by atoms with Crippen LogP contribution in [0, 0.1) is 0 Å². The van der Waals surface area contributed by atoms with Gasteiger partial charge in [0.05, 0.1) is 5.52 Å². The molecule has 0 amide bonds. The Morgan fingerprint density at radius 1 is 0.710 bits per heavy atom. The van der Waals surface area contributed by atoms with Crippen molar-refractivity contribution in [3.05, 3.63) is 112 Å². The van der Waals surface area contributed by atoms with Gasteiger partial charge in [-0.05, 0) is 76.3 Å². The Morgan fingerprint density at radius 2 is 1.61 bits per heavy atom. The number of benzene rings is 3. The number of fused-ring (bicyclic) bond motifs is 13. The summed E-state index contributed by atoms with van der Waals surface area (Å²) in [6.45, 7) is 0. The molecule has 0 unspecified atom stereocenters. The predicted octanol–water partition coefficient (Wildman–Crippen LogP) is 6.36. The van der Waals surface area contributed by atoms with E-state index in [1.807, 2.05) is 6.20 Å². The van der Waals surface area contributed by atoms with Gasteiger partial charge in [0, 0.05) is 23.3 Å². The summed E-state index contributed by atoms with van der Waals surface area (Å²) in [5.74, 6) is 0. The van der Waals surface area contributed by atoms with Gasteiger partial charge < -0.3 is 0 Å². The largest absolute Gasteiger partial charge is 0.299 e. The van der Waals surface area contributed by atoms with Crippen molar-refractivity contribution in [2.75, 3.05) is 0 Å². The first-order chi connectivity index (χ1) is 15.4. The third-order valence-corrected chi connectivity index (χ3v) is 7.66. The molecule has 3 aromatic carbocycles. The molecule has 5 aromatic rings. The highest BCUT2D eigenvalue weighted by Crippen LogP contribution is 2.51. The van der Waals surface area contributed by atoms with E-state index in [2.05, 4.69) is 71.3 Å². The van der Waals surface area contributed by atoms with Crippen LogP contribution in [-0.4, -0.2) is 9.38 Å². The molecule has 3 aliphatic rings. The van der Waals surface area contributed by atoms with Crippen LogP contribution >= 0.6 is 0 Å². The second-order valence-corrected chi connectivity index (χ2v) is 9.11. The minimum atomic E-state index is 1.06. The number of hydrogen-bond donors (Lipinski definition) is 0. The van der Waals surface area contributed by atoms with Crippen molar-refractivity contribution < 1.29 is 0 Å². The Hall–Kier alpha value is -3.65. The molecule has 0 fully saturated rings. The average Bonchev–Trinajstić information content (AvgIpc) is 3.53. The van der Waals surface area contributed by atoms with Gasteiger partial charge in [-0.15, -0.1) is 0 Å². The molecule has 8 rings (SSSR count). The zero-order chi connectivity index (χ0) is 20.1. The Labute approximate surface area is 180 Å². The van der Waals surface area contributed by atoms with Crippen LogP contribution in [0.3, 0.4) is 0 Å². The standard InChI is InChI=1S/C29H20N2/c1-2-6-20-17(5-1)15-18-9-12-23-24(26(18)20)16-19-10-11-22-21-7-3-4-8-25(21)31-14-13-30-29(31)28(22)27(19)23/h1-9,12-14H,10-11,15-16H2. The SMILES string of the molecule is c1ccc2c(c1)Cc1ccc3c(c1-2)CC1=C3c2c(c3ccccc3n3ccnc23)CC1. The zero-order valence-electron chi connectivity index (χ0n) is 17.2. The summed E-state index contributed by atoms with van der Waals surface area (Å²) in [4.78, 5) is 4.85. The van der Waals surface area contributed by atoms with Crippen LogP contribution < -0.4 is 0 Å². The van der Waals surface area contributed by atoms with Crippen LogP contribution in [0.15, 0.2) is 78.6 Å². The minimum absolute atomic E-state index is 1.06. The van der Waals surface area contributed by atoms with E-state index in [9.17, 15) is 0 Å². The third-order valence-electron chi connectivity index (χ3n) is 7.66. The van der Waals surface area contributed by atoms with Gasteiger partial charge >= 0.3 is 0 Å². The summed E-state index contributed by atoms with van der Waals surface area (Å²) in [5, 5.41) is 1.37. The number of allylic oxidation sites excluding steroid dienone is 1. The van der Waals surface area contributed by atoms with Crippen LogP contribution in [0.4, 0.5) is 0 Å². The van der Waals surface area contributed by atoms with Gasteiger partial charge in [0.2, 0.25) is 0 Å². The lowest BCUT2D eigenvalue weighted by molar-refractivity contribution is 0.901. The molecule has 31 heavy (non-hydrogen) atoms. The highest BCUT2D eigenvalue weighted by molar-refractivity contribution is 6.02. The van der Waals surface area contributed by atoms with E-state index in [1.54, 1.807) is 5.57 Å². The van der Waals surface area contributed by atoms with Crippen molar-refractivity contribution >= 4 is 22.1 Å². The first-order valence-corrected chi connectivity index (χ1v) is 11.2. The number of para-hydroxylation sites is 1. The lowest BCUT2D eigenvalue weighted by Gasteiger charge is -2.23. The monoisotopic (exact) mass is 396 g/mol. The second kappa shape index (κ2) is 5.53. The normalized spacial score (nSPS) is 15.7. The molecule has 146 valence electrons. The molecule has 0 aliphatic heterocycles. The molecule has 0 saturated carbocycles. The molecular formula is C29H20N2. The van der Waals surface area contributed by atoms with E-state index in [4.69, 9.17) is 4.98 Å². The molecule has 2 nitrogen and oxygen atoms in total. The number of rotatable bonds is 0. The molecule has 0 atom stereocenters. The molecule has 0 N–H and O–H groups in total. The number of pyridine rings is 1. The Bertz CT molecular complexity index is 1630. The van der Waals surface area contributed by atoms with E-state index in [0.717, 1.165) is 31.3 Å². The number of hydrogen-bond acceptors (Lipinski definition) is 1. The fourth-order valence-electron chi connectivity index (χ4n) is 6.43. The van der Waals surface area contributed by atoms with Crippen molar-refractivity contribution in [3.8, 4) is 11.1 Å². The lowest BCUT2D eigenvalue weighted by Crippen LogP contribution is -2.08. The number of imidazole rings is 1. The fourth-order valence-corrected chi connectivity index (χ4v) is 6.43. The predicted molar refractivity (Wildman–Crippen MR) is 125 cm³/mol. The minimum Gasteiger partial charge on any atom is -0.299 e. The summed E-state index contributed by atoms with van der Waals surface area (Å²) in [6, 6.07) is 22.5. The van der Waals surface area contributed by atoms with Crippen LogP contribution in [0.1, 0.15) is 39.8 Å². The molecular weight excluding hydrogens is 376 g/mol. The van der Waals surface area contributed by atoms with Crippen LogP contribution in [0.2, 0.25) is 0 Å². The summed E-state index contributed by atoms with van der Waals surface area (Å²) >= 11 is 0. The smallest absolute Gasteiger partial charge is 0.145 e. The Kier molecular flexibility index (Phi) is 2.87. The maximum absolute atomic E-state index is 4.85. The Morgan fingerprint density at radius 3 is 2.61 bits per heavy atom. The molecule has 2 aromatic heterocycles. The molecule has 0 saturated heterocycles. The summed E-state index contributed by atoms with van der Waals surface area (Å²) in [5.41, 5.74) is 17.2. The van der Waals surface area contributed by atoms with Crippen molar-refractivity contribution in [1.82, 2.24) is 9.38 Å². The van der Waals surface area contributed by atoms with Gasteiger partial charge in [-0.1, -0.05) is 60.2 Å². The van der Waals surface area contributed by atoms with E-state index in [0.29, 0.717) is 0 Å². The van der Waals surface area contributed by atoms with Crippen molar-refractivity contribution in [2.45, 2.75) is 25.7 Å². The van der Waals surface area contributed by atoms with Crippen LogP contribution in [0.5, 0.6) is 0 Å². The van der Waals surface area contributed by atoms with Gasteiger partial charge in [-0.2, -0.15) is 0 Å². The summed E-state index contributed by atoms with van der Waals surface area (Å²) < 4.78 is 2.28. The highest BCUT2D eigenvalue weighted by Gasteiger charge is 2.34. The second-order valence-electron chi connectivity index (χ2n) is 9.11. The van der Waals surface area contributed by atoms with Gasteiger partial charge in [0.15, 0.2) is 0 Å². The van der Waals surface area contributed by atoms with Gasteiger partial charge in [0.1, 0.15) is 5.65 Å². The first kappa shape index (κ1) is 16.1. The fraction of sp³-hybridized carbons (Fsp3) is 0.138. The van der Waals surface area contributed by atoms with E-state index >= 15 is 0 Å². The Balaban J connectivity index is 1.46. The maximum atomic E-state index is 4.85.